The van der Waals surface area contributed by atoms with Crippen LogP contribution in [0.2, 0.25) is 0 Å². The second kappa shape index (κ2) is 13.1. The molecule has 0 aliphatic heterocycles. The van der Waals surface area contributed by atoms with Gasteiger partial charge < -0.3 is 26.2 Å². The number of carbonyl (C=O) groups is 1. The Bertz CT molecular complexity index is 1050. The highest BCUT2D eigenvalue weighted by Crippen LogP contribution is 2.39. The predicted molar refractivity (Wildman–Crippen MR) is 140 cm³/mol. The van der Waals surface area contributed by atoms with Crippen molar-refractivity contribution in [1.29, 1.82) is 0 Å². The molecule has 0 bridgehead atoms. The molecule has 2 aromatic rings. The summed E-state index contributed by atoms with van der Waals surface area (Å²) in [5.74, 6) is -2.07. The molecule has 0 spiro atoms. The van der Waals surface area contributed by atoms with Crippen molar-refractivity contribution in [2.45, 2.75) is 82.0 Å². The normalized spacial score (nSPS) is 21.6. The molecule has 0 aromatic heterocycles. The zero-order valence-electron chi connectivity index (χ0n) is 22.2. The number of hydrogen-bond acceptors (Lipinski definition) is 7. The Morgan fingerprint density at radius 2 is 1.74 bits per heavy atom. The molecule has 8 nitrogen and oxygen atoms in total. The molecule has 10 heteroatoms. The number of nitrogens with one attached hydrogen (secondary N) is 4. The van der Waals surface area contributed by atoms with E-state index in [1.807, 2.05) is 6.07 Å². The first-order valence-corrected chi connectivity index (χ1v) is 13.0. The minimum absolute atomic E-state index is 0.0162. The first-order chi connectivity index (χ1) is 18.0. The fourth-order valence-corrected chi connectivity index (χ4v) is 5.13. The van der Waals surface area contributed by atoms with Gasteiger partial charge in [-0.1, -0.05) is 45.0 Å². The Labute approximate surface area is 222 Å². The number of aliphatic hydroxyl groups is 1. The van der Waals surface area contributed by atoms with Crippen LogP contribution in [-0.4, -0.2) is 52.7 Å². The Kier molecular flexibility index (Phi) is 10.3. The van der Waals surface area contributed by atoms with Gasteiger partial charge in [0.2, 0.25) is 5.91 Å². The molecule has 1 fully saturated rings. The highest BCUT2D eigenvalue weighted by molar-refractivity contribution is 5.78. The van der Waals surface area contributed by atoms with Crippen LogP contribution in [0, 0.1) is 11.6 Å². The molecule has 210 valence electrons. The first-order valence-electron chi connectivity index (χ1n) is 13.0. The molecule has 2 aromatic carbocycles. The van der Waals surface area contributed by atoms with E-state index in [-0.39, 0.29) is 30.0 Å². The highest BCUT2D eigenvalue weighted by Gasteiger charge is 2.38. The van der Waals surface area contributed by atoms with Gasteiger partial charge in [0.05, 0.1) is 18.7 Å². The SMILES string of the molecule is CC(C)(C)c1cccc(C2(NCC(O)C(Cc3cc(F)cc(F)c3)NC(=O)CNO)CCC(NO)CC2)c1. The number of amides is 1. The van der Waals surface area contributed by atoms with Crippen molar-refractivity contribution < 1.29 is 29.1 Å². The minimum atomic E-state index is -1.11. The van der Waals surface area contributed by atoms with Crippen LogP contribution < -0.4 is 21.6 Å². The number of rotatable bonds is 11. The molecular weight excluding hydrogens is 494 g/mol. The zero-order chi connectivity index (χ0) is 27.9. The highest BCUT2D eigenvalue weighted by atomic mass is 19.1. The van der Waals surface area contributed by atoms with E-state index in [1.165, 1.54) is 5.56 Å². The van der Waals surface area contributed by atoms with Gasteiger partial charge >= 0.3 is 0 Å². The third-order valence-electron chi connectivity index (χ3n) is 7.38. The van der Waals surface area contributed by atoms with E-state index in [0.717, 1.165) is 23.8 Å². The fraction of sp³-hybridized carbons (Fsp3) is 0.536. The van der Waals surface area contributed by atoms with Gasteiger partial charge in [0.15, 0.2) is 0 Å². The number of halogens is 2. The van der Waals surface area contributed by atoms with Crippen LogP contribution in [0.5, 0.6) is 0 Å². The Hall–Kier alpha value is -2.47. The summed E-state index contributed by atoms with van der Waals surface area (Å²) in [6.45, 7) is 6.13. The largest absolute Gasteiger partial charge is 0.390 e. The van der Waals surface area contributed by atoms with E-state index in [4.69, 9.17) is 5.21 Å². The molecule has 1 aliphatic carbocycles. The summed E-state index contributed by atoms with van der Waals surface area (Å²) in [7, 11) is 0. The zero-order valence-corrected chi connectivity index (χ0v) is 22.2. The Morgan fingerprint density at radius 1 is 1.08 bits per heavy atom. The monoisotopic (exact) mass is 534 g/mol. The average molecular weight is 535 g/mol. The third kappa shape index (κ3) is 8.02. The van der Waals surface area contributed by atoms with Crippen molar-refractivity contribution >= 4 is 5.91 Å². The molecule has 7 N–H and O–H groups in total. The Balaban J connectivity index is 1.85. The molecule has 2 atom stereocenters. The second-order valence-corrected chi connectivity index (χ2v) is 11.3. The van der Waals surface area contributed by atoms with Gasteiger partial charge in [-0.15, -0.1) is 0 Å². The lowest BCUT2D eigenvalue weighted by molar-refractivity contribution is -0.123. The van der Waals surface area contributed by atoms with Crippen LogP contribution in [0.4, 0.5) is 8.78 Å². The third-order valence-corrected chi connectivity index (χ3v) is 7.38. The van der Waals surface area contributed by atoms with Crippen LogP contribution in [0.3, 0.4) is 0 Å². The summed E-state index contributed by atoms with van der Waals surface area (Å²) in [6, 6.07) is 10.5. The van der Waals surface area contributed by atoms with E-state index in [0.29, 0.717) is 25.7 Å². The van der Waals surface area contributed by atoms with Crippen molar-refractivity contribution in [3.05, 3.63) is 70.8 Å². The molecule has 2 unspecified atom stereocenters. The van der Waals surface area contributed by atoms with Gasteiger partial charge in [0.25, 0.3) is 0 Å². The maximum Gasteiger partial charge on any atom is 0.236 e. The molecule has 1 amide bonds. The summed E-state index contributed by atoms with van der Waals surface area (Å²) in [4.78, 5) is 12.2. The van der Waals surface area contributed by atoms with Crippen molar-refractivity contribution in [1.82, 2.24) is 21.6 Å². The lowest BCUT2D eigenvalue weighted by Crippen LogP contribution is -2.55. The van der Waals surface area contributed by atoms with Crippen LogP contribution in [0.25, 0.3) is 0 Å². The smallest absolute Gasteiger partial charge is 0.236 e. The maximum atomic E-state index is 13.8. The van der Waals surface area contributed by atoms with Gasteiger partial charge in [-0.2, -0.15) is 5.48 Å². The van der Waals surface area contributed by atoms with Crippen LogP contribution in [0.1, 0.15) is 63.1 Å². The molecule has 0 heterocycles. The lowest BCUT2D eigenvalue weighted by atomic mass is 9.73. The van der Waals surface area contributed by atoms with E-state index < -0.39 is 41.8 Å². The minimum Gasteiger partial charge on any atom is -0.390 e. The van der Waals surface area contributed by atoms with Crippen molar-refractivity contribution in [3.8, 4) is 0 Å². The second-order valence-electron chi connectivity index (χ2n) is 11.3. The van der Waals surface area contributed by atoms with E-state index in [9.17, 15) is 23.9 Å². The van der Waals surface area contributed by atoms with Gasteiger partial charge in [-0.05, 0) is 66.3 Å². The van der Waals surface area contributed by atoms with E-state index in [1.54, 1.807) is 5.48 Å². The van der Waals surface area contributed by atoms with Gasteiger partial charge in [-0.3, -0.25) is 4.79 Å². The summed E-state index contributed by atoms with van der Waals surface area (Å²) >= 11 is 0. The Morgan fingerprint density at radius 3 is 2.32 bits per heavy atom. The van der Waals surface area contributed by atoms with Gasteiger partial charge in [0.1, 0.15) is 11.6 Å². The molecule has 38 heavy (non-hydrogen) atoms. The van der Waals surface area contributed by atoms with Gasteiger partial charge in [-0.25, -0.2) is 14.3 Å². The molecule has 1 aliphatic rings. The van der Waals surface area contributed by atoms with Crippen LogP contribution >= 0.6 is 0 Å². The standard InChI is InChI=1S/C28H40F2N4O4/c1-27(2,3)19-5-4-6-20(14-19)28(9-7-23(34-38)8-10-28)31-16-25(35)24(33-26(36)17-32-37)13-18-11-21(29)15-22(30)12-18/h4-6,11-12,14-15,23-25,31-32,34-35,37-38H,7-10,13,16-17H2,1-3H3,(H,33,36). The first kappa shape index (κ1) is 30.1. The predicted octanol–water partition coefficient (Wildman–Crippen LogP) is 3.04. The van der Waals surface area contributed by atoms with E-state index in [2.05, 4.69) is 55.1 Å². The lowest BCUT2D eigenvalue weighted by Gasteiger charge is -2.42. The summed E-state index contributed by atoms with van der Waals surface area (Å²) in [5.41, 5.74) is 6.14. The number of aliphatic hydroxyl groups excluding tert-OH is 1. The molecule has 1 saturated carbocycles. The molecule has 3 rings (SSSR count). The number of carbonyl (C=O) groups excluding carboxylic acids is 1. The van der Waals surface area contributed by atoms with Crippen LogP contribution in [-0.2, 0) is 22.2 Å². The number of hydroxylamine groups is 2. The van der Waals surface area contributed by atoms with Crippen molar-refractivity contribution in [2.75, 3.05) is 13.1 Å². The van der Waals surface area contributed by atoms with Crippen molar-refractivity contribution in [2.24, 2.45) is 0 Å². The fourth-order valence-electron chi connectivity index (χ4n) is 5.13. The molecular formula is C28H40F2N4O4. The number of benzene rings is 2. The molecule has 0 saturated heterocycles. The van der Waals surface area contributed by atoms with Crippen molar-refractivity contribution in [3.63, 3.8) is 0 Å². The van der Waals surface area contributed by atoms with Crippen LogP contribution in [0.15, 0.2) is 42.5 Å². The summed E-state index contributed by atoms with van der Waals surface area (Å²) in [5, 5.41) is 35.7. The number of hydrogen-bond donors (Lipinski definition) is 7. The summed E-state index contributed by atoms with van der Waals surface area (Å²) < 4.78 is 27.6. The molecule has 0 radical (unpaired) electrons. The summed E-state index contributed by atoms with van der Waals surface area (Å²) in [6.07, 6.45) is 1.70. The van der Waals surface area contributed by atoms with Gasteiger partial charge in [0, 0.05) is 24.2 Å². The topological polar surface area (TPSA) is 126 Å². The quantitative estimate of drug-likeness (QED) is 0.221. The average Bonchev–Trinajstić information content (AvgIpc) is 2.86. The van der Waals surface area contributed by atoms with E-state index >= 15 is 0 Å². The maximum absolute atomic E-state index is 13.8.